The van der Waals surface area contributed by atoms with Crippen LogP contribution in [0.2, 0.25) is 10.0 Å². The molecule has 0 heterocycles. The molecule has 0 spiro atoms. The molecule has 1 atom stereocenters. The van der Waals surface area contributed by atoms with Crippen LogP contribution in [0.4, 0.5) is 5.69 Å². The van der Waals surface area contributed by atoms with Crippen molar-refractivity contribution < 1.29 is 17.9 Å². The maximum atomic E-state index is 12.8. The number of nitrogens with one attached hydrogen (secondary N) is 2. The molecule has 0 saturated carbocycles. The highest BCUT2D eigenvalue weighted by molar-refractivity contribution is 7.98. The fraction of sp³-hybridized carbons (Fsp3) is 0.316. The summed E-state index contributed by atoms with van der Waals surface area (Å²) >= 11 is 13.4. The van der Waals surface area contributed by atoms with E-state index in [-0.39, 0.29) is 14.9 Å². The van der Waals surface area contributed by atoms with Crippen LogP contribution in [0, 0.1) is 0 Å². The zero-order chi connectivity index (χ0) is 21.4. The molecule has 0 aromatic heterocycles. The number of sulfonamides is 1. The van der Waals surface area contributed by atoms with E-state index < -0.39 is 22.0 Å². The number of rotatable bonds is 10. The Labute approximate surface area is 185 Å². The quantitative estimate of drug-likeness (QED) is 0.529. The second-order valence-electron chi connectivity index (χ2n) is 5.98. The van der Waals surface area contributed by atoms with Crippen molar-refractivity contribution in [2.45, 2.75) is 24.3 Å². The van der Waals surface area contributed by atoms with Crippen molar-refractivity contribution in [2.75, 3.05) is 23.9 Å². The molecule has 6 nitrogen and oxygen atoms in total. The number of amides is 1. The zero-order valence-corrected chi connectivity index (χ0v) is 19.1. The van der Waals surface area contributed by atoms with Crippen LogP contribution >= 0.6 is 35.0 Å². The average Bonchev–Trinajstić information content (AvgIpc) is 2.67. The molecule has 29 heavy (non-hydrogen) atoms. The van der Waals surface area contributed by atoms with Crippen molar-refractivity contribution in [3.63, 3.8) is 0 Å². The highest BCUT2D eigenvalue weighted by Gasteiger charge is 2.27. The first-order valence-electron chi connectivity index (χ1n) is 8.77. The molecule has 0 fully saturated rings. The van der Waals surface area contributed by atoms with Crippen LogP contribution in [0.5, 0.6) is 5.75 Å². The van der Waals surface area contributed by atoms with E-state index in [0.717, 1.165) is 0 Å². The lowest BCUT2D eigenvalue weighted by atomic mass is 10.2. The van der Waals surface area contributed by atoms with E-state index in [2.05, 4.69) is 10.0 Å². The molecular weight excluding hydrogens is 455 g/mol. The number of benzene rings is 2. The molecule has 0 radical (unpaired) electrons. The van der Waals surface area contributed by atoms with Crippen LogP contribution < -0.4 is 14.8 Å². The fourth-order valence-electron chi connectivity index (χ4n) is 2.47. The predicted molar refractivity (Wildman–Crippen MR) is 120 cm³/mol. The summed E-state index contributed by atoms with van der Waals surface area (Å²) in [6, 6.07) is 10.0. The van der Waals surface area contributed by atoms with E-state index in [0.29, 0.717) is 30.2 Å². The molecule has 2 aromatic rings. The molecule has 2 N–H and O–H groups in total. The fourth-order valence-corrected chi connectivity index (χ4v) is 4.94. The lowest BCUT2D eigenvalue weighted by Crippen LogP contribution is -2.44. The van der Waals surface area contributed by atoms with Gasteiger partial charge in [-0.2, -0.15) is 16.5 Å². The van der Waals surface area contributed by atoms with Gasteiger partial charge in [0.1, 0.15) is 16.7 Å². The molecule has 0 aliphatic carbocycles. The van der Waals surface area contributed by atoms with Gasteiger partial charge >= 0.3 is 0 Å². The van der Waals surface area contributed by atoms with E-state index in [9.17, 15) is 13.2 Å². The standard InChI is InChI=1S/C19H22Cl2N2O4S2/c1-3-27-15-6-4-5-14(12-15)22-19(24)17(9-10-28-2)23-29(25,26)18-11-13(20)7-8-16(18)21/h4-8,11-12,17,23H,3,9-10H2,1-2H3,(H,22,24). The van der Waals surface area contributed by atoms with Gasteiger partial charge in [0.2, 0.25) is 15.9 Å². The molecule has 1 unspecified atom stereocenters. The third-order valence-corrected chi connectivity index (χ3v) is 6.65. The first kappa shape index (κ1) is 23.8. The summed E-state index contributed by atoms with van der Waals surface area (Å²) in [5, 5.41) is 2.99. The van der Waals surface area contributed by atoms with E-state index in [1.807, 2.05) is 13.2 Å². The first-order valence-corrected chi connectivity index (χ1v) is 12.4. The summed E-state index contributed by atoms with van der Waals surface area (Å²) in [5.41, 5.74) is 0.509. The van der Waals surface area contributed by atoms with Crippen LogP contribution in [-0.4, -0.2) is 39.0 Å². The minimum atomic E-state index is -4.06. The second kappa shape index (κ2) is 11.1. The Bertz CT molecular complexity index is 955. The summed E-state index contributed by atoms with van der Waals surface area (Å²) < 4.78 is 33.5. The number of hydrogen-bond acceptors (Lipinski definition) is 5. The van der Waals surface area contributed by atoms with Gasteiger partial charge < -0.3 is 10.1 Å². The zero-order valence-electron chi connectivity index (χ0n) is 15.9. The first-order chi connectivity index (χ1) is 13.8. The summed E-state index contributed by atoms with van der Waals surface area (Å²) in [6.45, 7) is 2.35. The van der Waals surface area contributed by atoms with Crippen molar-refractivity contribution in [3.8, 4) is 5.75 Å². The topological polar surface area (TPSA) is 84.5 Å². The van der Waals surface area contributed by atoms with Gasteiger partial charge in [0.05, 0.1) is 11.6 Å². The second-order valence-corrected chi connectivity index (χ2v) is 9.49. The van der Waals surface area contributed by atoms with Crippen molar-refractivity contribution >= 4 is 56.6 Å². The smallest absolute Gasteiger partial charge is 0.242 e. The molecular formula is C19H22Cl2N2O4S2. The number of carbonyl (C=O) groups is 1. The number of halogens is 2. The third kappa shape index (κ3) is 7.08. The largest absolute Gasteiger partial charge is 0.494 e. The van der Waals surface area contributed by atoms with Gasteiger partial charge in [-0.1, -0.05) is 29.3 Å². The Balaban J connectivity index is 2.22. The van der Waals surface area contributed by atoms with Gasteiger partial charge in [0, 0.05) is 16.8 Å². The van der Waals surface area contributed by atoms with Gasteiger partial charge in [-0.25, -0.2) is 8.42 Å². The normalized spacial score (nSPS) is 12.4. The lowest BCUT2D eigenvalue weighted by molar-refractivity contribution is -0.117. The van der Waals surface area contributed by atoms with Crippen LogP contribution in [-0.2, 0) is 14.8 Å². The molecule has 158 valence electrons. The van der Waals surface area contributed by atoms with E-state index in [4.69, 9.17) is 27.9 Å². The van der Waals surface area contributed by atoms with Gasteiger partial charge in [0.15, 0.2) is 0 Å². The Morgan fingerprint density at radius 2 is 1.97 bits per heavy atom. The van der Waals surface area contributed by atoms with Gasteiger partial charge in [-0.15, -0.1) is 0 Å². The summed E-state index contributed by atoms with van der Waals surface area (Å²) in [5.74, 6) is 0.717. The van der Waals surface area contributed by atoms with Crippen molar-refractivity contribution in [1.29, 1.82) is 0 Å². The molecule has 0 aliphatic heterocycles. The maximum absolute atomic E-state index is 12.8. The maximum Gasteiger partial charge on any atom is 0.242 e. The molecule has 10 heteroatoms. The summed E-state index contributed by atoms with van der Waals surface area (Å²) in [7, 11) is -4.06. The van der Waals surface area contributed by atoms with Crippen molar-refractivity contribution in [1.82, 2.24) is 4.72 Å². The number of thioether (sulfide) groups is 1. The highest BCUT2D eigenvalue weighted by Crippen LogP contribution is 2.25. The number of carbonyl (C=O) groups excluding carboxylic acids is 1. The highest BCUT2D eigenvalue weighted by atomic mass is 35.5. The molecule has 0 saturated heterocycles. The predicted octanol–water partition coefficient (Wildman–Crippen LogP) is 4.43. The number of anilines is 1. The molecule has 0 bridgehead atoms. The van der Waals surface area contributed by atoms with Gasteiger partial charge in [0.25, 0.3) is 0 Å². The Kier molecular flexibility index (Phi) is 9.10. The monoisotopic (exact) mass is 476 g/mol. The van der Waals surface area contributed by atoms with Crippen LogP contribution in [0.15, 0.2) is 47.4 Å². The Morgan fingerprint density at radius 1 is 1.21 bits per heavy atom. The Morgan fingerprint density at radius 3 is 2.66 bits per heavy atom. The molecule has 2 rings (SSSR count). The van der Waals surface area contributed by atoms with E-state index in [1.54, 1.807) is 24.3 Å². The summed E-state index contributed by atoms with van der Waals surface area (Å²) in [4.78, 5) is 12.6. The minimum absolute atomic E-state index is 0.0235. The molecule has 0 aliphatic rings. The van der Waals surface area contributed by atoms with Gasteiger partial charge in [-0.3, -0.25) is 4.79 Å². The van der Waals surface area contributed by atoms with Gasteiger partial charge in [-0.05, 0) is 55.7 Å². The average molecular weight is 477 g/mol. The van der Waals surface area contributed by atoms with Crippen LogP contribution in [0.25, 0.3) is 0 Å². The van der Waals surface area contributed by atoms with E-state index in [1.165, 1.54) is 30.0 Å². The number of hydrogen-bond donors (Lipinski definition) is 2. The Hall–Kier alpha value is -1.45. The molecule has 2 aromatic carbocycles. The van der Waals surface area contributed by atoms with Crippen LogP contribution in [0.3, 0.4) is 0 Å². The number of ether oxygens (including phenoxy) is 1. The van der Waals surface area contributed by atoms with Crippen molar-refractivity contribution in [3.05, 3.63) is 52.5 Å². The third-order valence-electron chi connectivity index (χ3n) is 3.82. The molecule has 1 amide bonds. The lowest BCUT2D eigenvalue weighted by Gasteiger charge is -2.19. The van der Waals surface area contributed by atoms with Crippen LogP contribution in [0.1, 0.15) is 13.3 Å². The SMILES string of the molecule is CCOc1cccc(NC(=O)C(CCSC)NS(=O)(=O)c2cc(Cl)ccc2Cl)c1. The van der Waals surface area contributed by atoms with Crippen molar-refractivity contribution in [2.24, 2.45) is 0 Å². The van der Waals surface area contributed by atoms with E-state index >= 15 is 0 Å². The minimum Gasteiger partial charge on any atom is -0.494 e. The summed E-state index contributed by atoms with van der Waals surface area (Å²) in [6.07, 6.45) is 2.18.